The van der Waals surface area contributed by atoms with Crippen LogP contribution in [0, 0.1) is 11.8 Å². The summed E-state index contributed by atoms with van der Waals surface area (Å²) in [6, 6.07) is 8.37. The number of nitrogens with one attached hydrogen (secondary N) is 1. The second-order valence-corrected chi connectivity index (χ2v) is 8.97. The van der Waals surface area contributed by atoms with E-state index in [2.05, 4.69) is 5.32 Å². The van der Waals surface area contributed by atoms with Crippen molar-refractivity contribution in [3.05, 3.63) is 30.3 Å². The lowest BCUT2D eigenvalue weighted by Crippen LogP contribution is -2.52. The normalized spacial score (nSPS) is 27.0. The number of carbonyl (C=O) groups excluding carboxylic acids is 1. The molecule has 1 N–H and O–H groups in total. The minimum absolute atomic E-state index is 0.177. The molecule has 24 heavy (non-hydrogen) atoms. The third kappa shape index (κ3) is 3.43. The smallest absolute Gasteiger partial charge is 0.244 e. The predicted molar refractivity (Wildman–Crippen MR) is 95.2 cm³/mol. The highest BCUT2D eigenvalue weighted by atomic mass is 32.2. The van der Waals surface area contributed by atoms with Gasteiger partial charge in [-0.25, -0.2) is 8.42 Å². The Morgan fingerprint density at radius 2 is 1.96 bits per heavy atom. The molecule has 5 nitrogen and oxygen atoms in total. The number of nitrogens with zero attached hydrogens (tertiary/aromatic N) is 1. The van der Waals surface area contributed by atoms with Crippen LogP contribution in [0.3, 0.4) is 0 Å². The Bertz CT molecular complexity index is 689. The van der Waals surface area contributed by atoms with Gasteiger partial charge in [0, 0.05) is 6.04 Å². The van der Waals surface area contributed by atoms with Crippen LogP contribution in [0.4, 0.5) is 5.69 Å². The molecular formula is C18H26N2O3S. The molecule has 0 spiro atoms. The van der Waals surface area contributed by atoms with Crippen LogP contribution in [0.5, 0.6) is 0 Å². The molecule has 2 bridgehead atoms. The molecular weight excluding hydrogens is 324 g/mol. The maximum absolute atomic E-state index is 12.9. The van der Waals surface area contributed by atoms with E-state index in [9.17, 15) is 13.2 Å². The van der Waals surface area contributed by atoms with E-state index in [1.54, 1.807) is 24.3 Å². The first-order valence-corrected chi connectivity index (χ1v) is 10.6. The molecule has 0 heterocycles. The van der Waals surface area contributed by atoms with E-state index in [1.807, 2.05) is 13.0 Å². The Labute approximate surface area is 144 Å². The van der Waals surface area contributed by atoms with Crippen molar-refractivity contribution in [2.45, 2.75) is 51.1 Å². The summed E-state index contributed by atoms with van der Waals surface area (Å²) in [5.41, 5.74) is 0.537. The molecule has 0 aliphatic heterocycles. The summed E-state index contributed by atoms with van der Waals surface area (Å²) in [6.07, 6.45) is 6.30. The first-order chi connectivity index (χ1) is 11.4. The summed E-state index contributed by atoms with van der Waals surface area (Å²) in [4.78, 5) is 12.9. The maximum atomic E-state index is 12.9. The SMILES string of the molecule is CCC(C(=O)NC1CC2CCC1C2)N(c1ccccc1)S(C)(=O)=O. The van der Waals surface area contributed by atoms with E-state index < -0.39 is 16.1 Å². The van der Waals surface area contributed by atoms with Gasteiger partial charge in [0.25, 0.3) is 0 Å². The van der Waals surface area contributed by atoms with Gasteiger partial charge in [-0.15, -0.1) is 0 Å². The van der Waals surface area contributed by atoms with Crippen molar-refractivity contribution in [1.29, 1.82) is 0 Å². The number of amides is 1. The molecule has 2 saturated carbocycles. The predicted octanol–water partition coefficient (Wildman–Crippen LogP) is 2.54. The molecule has 1 aromatic rings. The molecule has 1 amide bonds. The van der Waals surface area contributed by atoms with Crippen LogP contribution in [0.1, 0.15) is 39.0 Å². The molecule has 6 heteroatoms. The van der Waals surface area contributed by atoms with Gasteiger partial charge in [-0.05, 0) is 49.7 Å². The van der Waals surface area contributed by atoms with E-state index in [1.165, 1.54) is 23.6 Å². The van der Waals surface area contributed by atoms with Gasteiger partial charge in [-0.3, -0.25) is 9.10 Å². The van der Waals surface area contributed by atoms with Crippen LogP contribution < -0.4 is 9.62 Å². The van der Waals surface area contributed by atoms with Crippen LogP contribution in [-0.2, 0) is 14.8 Å². The van der Waals surface area contributed by atoms with E-state index in [0.29, 0.717) is 18.0 Å². The number of anilines is 1. The number of rotatable bonds is 6. The minimum Gasteiger partial charge on any atom is -0.351 e. The molecule has 0 aromatic heterocycles. The highest BCUT2D eigenvalue weighted by molar-refractivity contribution is 7.92. The molecule has 2 fully saturated rings. The first-order valence-electron chi connectivity index (χ1n) is 8.75. The average Bonchev–Trinajstić information content (AvgIpc) is 3.14. The maximum Gasteiger partial charge on any atom is 0.244 e. The minimum atomic E-state index is -3.55. The van der Waals surface area contributed by atoms with Crippen molar-refractivity contribution >= 4 is 21.6 Å². The summed E-state index contributed by atoms with van der Waals surface area (Å²) in [6.45, 7) is 1.85. The molecule has 2 aliphatic rings. The van der Waals surface area contributed by atoms with Gasteiger partial charge in [0.1, 0.15) is 6.04 Å². The van der Waals surface area contributed by atoms with E-state index in [0.717, 1.165) is 18.6 Å². The van der Waals surface area contributed by atoms with E-state index in [-0.39, 0.29) is 11.9 Å². The van der Waals surface area contributed by atoms with Crippen molar-refractivity contribution in [2.24, 2.45) is 11.8 Å². The Kier molecular flexibility index (Phi) is 4.85. The van der Waals surface area contributed by atoms with Gasteiger partial charge in [-0.1, -0.05) is 31.5 Å². The number of hydrogen-bond acceptors (Lipinski definition) is 3. The summed E-state index contributed by atoms with van der Waals surface area (Å²) in [7, 11) is -3.55. The summed E-state index contributed by atoms with van der Waals surface area (Å²) < 4.78 is 26.0. The van der Waals surface area contributed by atoms with Crippen molar-refractivity contribution in [1.82, 2.24) is 5.32 Å². The van der Waals surface area contributed by atoms with Crippen molar-refractivity contribution < 1.29 is 13.2 Å². The van der Waals surface area contributed by atoms with Gasteiger partial charge >= 0.3 is 0 Å². The number of benzene rings is 1. The number of hydrogen-bond donors (Lipinski definition) is 1. The lowest BCUT2D eigenvalue weighted by molar-refractivity contribution is -0.123. The van der Waals surface area contributed by atoms with Crippen LogP contribution in [0.2, 0.25) is 0 Å². The fourth-order valence-electron chi connectivity index (χ4n) is 4.34. The number of fused-ring (bicyclic) bond motifs is 2. The molecule has 0 radical (unpaired) electrons. The van der Waals surface area contributed by atoms with Crippen LogP contribution in [0.25, 0.3) is 0 Å². The van der Waals surface area contributed by atoms with Gasteiger partial charge in [0.15, 0.2) is 0 Å². The molecule has 3 rings (SSSR count). The number of para-hydroxylation sites is 1. The van der Waals surface area contributed by atoms with E-state index >= 15 is 0 Å². The lowest BCUT2D eigenvalue weighted by Gasteiger charge is -2.32. The van der Waals surface area contributed by atoms with Gasteiger partial charge in [-0.2, -0.15) is 0 Å². The Balaban J connectivity index is 1.80. The summed E-state index contributed by atoms with van der Waals surface area (Å²) in [5.74, 6) is 1.13. The standard InChI is InChI=1S/C18H26N2O3S/c1-3-17(18(21)19-16-12-13-9-10-14(16)11-13)20(24(2,22)23)15-7-5-4-6-8-15/h4-8,13-14,16-17H,3,9-12H2,1-2H3,(H,19,21). The number of sulfonamides is 1. The van der Waals surface area contributed by atoms with Crippen molar-refractivity contribution in [2.75, 3.05) is 10.6 Å². The fraction of sp³-hybridized carbons (Fsp3) is 0.611. The Hall–Kier alpha value is -1.56. The quantitative estimate of drug-likeness (QED) is 0.857. The highest BCUT2D eigenvalue weighted by Crippen LogP contribution is 2.44. The molecule has 4 unspecified atom stereocenters. The van der Waals surface area contributed by atoms with Crippen LogP contribution in [-0.4, -0.2) is 32.7 Å². The summed E-state index contributed by atoms with van der Waals surface area (Å²) in [5, 5.41) is 3.14. The van der Waals surface area contributed by atoms with Gasteiger partial charge < -0.3 is 5.32 Å². The van der Waals surface area contributed by atoms with Crippen molar-refractivity contribution in [3.63, 3.8) is 0 Å². The molecule has 2 aliphatic carbocycles. The second kappa shape index (κ2) is 6.75. The zero-order chi connectivity index (χ0) is 17.3. The third-order valence-electron chi connectivity index (χ3n) is 5.41. The van der Waals surface area contributed by atoms with Gasteiger partial charge in [0.05, 0.1) is 11.9 Å². The average molecular weight is 350 g/mol. The largest absolute Gasteiger partial charge is 0.351 e. The fourth-order valence-corrected chi connectivity index (χ4v) is 5.55. The monoisotopic (exact) mass is 350 g/mol. The van der Waals surface area contributed by atoms with Crippen LogP contribution >= 0.6 is 0 Å². The van der Waals surface area contributed by atoms with Gasteiger partial charge in [0.2, 0.25) is 15.9 Å². The Morgan fingerprint density at radius 1 is 1.25 bits per heavy atom. The van der Waals surface area contributed by atoms with Crippen LogP contribution in [0.15, 0.2) is 30.3 Å². The zero-order valence-electron chi connectivity index (χ0n) is 14.3. The topological polar surface area (TPSA) is 66.5 Å². The number of carbonyl (C=O) groups is 1. The summed E-state index contributed by atoms with van der Waals surface area (Å²) >= 11 is 0. The second-order valence-electron chi connectivity index (χ2n) is 7.11. The zero-order valence-corrected chi connectivity index (χ0v) is 15.1. The molecule has 132 valence electrons. The molecule has 1 aromatic carbocycles. The molecule has 0 saturated heterocycles. The Morgan fingerprint density at radius 3 is 2.46 bits per heavy atom. The third-order valence-corrected chi connectivity index (χ3v) is 6.59. The van der Waals surface area contributed by atoms with Crippen molar-refractivity contribution in [3.8, 4) is 0 Å². The lowest BCUT2D eigenvalue weighted by atomic mass is 9.95. The first kappa shape index (κ1) is 17.3. The van der Waals surface area contributed by atoms with E-state index in [4.69, 9.17) is 0 Å². The highest BCUT2D eigenvalue weighted by Gasteiger charge is 2.41. The molecule has 4 atom stereocenters.